The molecule has 2 aromatic carbocycles. The molecule has 2 aromatic rings. The largest absolute Gasteiger partial charge is 0.480 e. The summed E-state index contributed by atoms with van der Waals surface area (Å²) in [7, 11) is 0. The number of hydrogen-bond donors (Lipinski definition) is 4. The van der Waals surface area contributed by atoms with Crippen LogP contribution in [0.2, 0.25) is 0 Å². The highest BCUT2D eigenvalue weighted by Crippen LogP contribution is 2.44. The van der Waals surface area contributed by atoms with Crippen LogP contribution in [0.5, 0.6) is 0 Å². The van der Waals surface area contributed by atoms with E-state index in [-0.39, 0.29) is 12.5 Å². The Kier molecular flexibility index (Phi) is 8.18. The fourth-order valence-corrected chi connectivity index (χ4v) is 3.89. The van der Waals surface area contributed by atoms with Gasteiger partial charge >= 0.3 is 18.2 Å². The van der Waals surface area contributed by atoms with Gasteiger partial charge in [-0.3, -0.25) is 4.79 Å². The van der Waals surface area contributed by atoms with Gasteiger partial charge in [-0.05, 0) is 49.9 Å². The zero-order valence-corrected chi connectivity index (χ0v) is 20.7. The fraction of sp³-hybridized carbons (Fsp3) is 0.385. The number of carboxylic acid groups (broad SMARTS) is 1. The molecule has 10 heteroatoms. The molecule has 3 amide bonds. The zero-order chi connectivity index (χ0) is 26.5. The second kappa shape index (κ2) is 11.1. The Labute approximate surface area is 209 Å². The lowest BCUT2D eigenvalue weighted by atomic mass is 9.98. The van der Waals surface area contributed by atoms with Crippen molar-refractivity contribution in [3.8, 4) is 11.1 Å². The smallest absolute Gasteiger partial charge is 0.408 e. The van der Waals surface area contributed by atoms with Crippen molar-refractivity contribution in [1.29, 1.82) is 0 Å². The molecule has 0 saturated carbocycles. The van der Waals surface area contributed by atoms with Crippen molar-refractivity contribution in [3.05, 3.63) is 59.7 Å². The molecule has 0 aromatic heterocycles. The summed E-state index contributed by atoms with van der Waals surface area (Å²) in [5.74, 6) is -2.16. The van der Waals surface area contributed by atoms with Gasteiger partial charge in [0.15, 0.2) is 0 Å². The third kappa shape index (κ3) is 6.74. The summed E-state index contributed by atoms with van der Waals surface area (Å²) in [5, 5.41) is 16.5. The Balaban J connectivity index is 1.52. The van der Waals surface area contributed by atoms with E-state index in [0.717, 1.165) is 22.3 Å². The first-order valence-corrected chi connectivity index (χ1v) is 11.6. The number of benzene rings is 2. The van der Waals surface area contributed by atoms with Crippen molar-refractivity contribution in [2.24, 2.45) is 0 Å². The molecule has 0 heterocycles. The van der Waals surface area contributed by atoms with Crippen molar-refractivity contribution >= 4 is 24.1 Å². The summed E-state index contributed by atoms with van der Waals surface area (Å²) in [4.78, 5) is 48.1. The summed E-state index contributed by atoms with van der Waals surface area (Å²) in [6.07, 6.45) is -1.70. The van der Waals surface area contributed by atoms with E-state index in [1.54, 1.807) is 20.8 Å². The van der Waals surface area contributed by atoms with E-state index in [0.29, 0.717) is 0 Å². The Morgan fingerprint density at radius 2 is 1.47 bits per heavy atom. The van der Waals surface area contributed by atoms with Crippen molar-refractivity contribution < 1.29 is 33.8 Å². The molecule has 10 nitrogen and oxygen atoms in total. The van der Waals surface area contributed by atoms with E-state index in [2.05, 4.69) is 16.0 Å². The molecule has 2 atom stereocenters. The number of carbonyl (C=O) groups excluding carboxylic acids is 3. The Bertz CT molecular complexity index is 1100. The van der Waals surface area contributed by atoms with Crippen molar-refractivity contribution in [3.63, 3.8) is 0 Å². The molecule has 1 aliphatic carbocycles. The maximum Gasteiger partial charge on any atom is 0.408 e. The van der Waals surface area contributed by atoms with E-state index >= 15 is 0 Å². The second-order valence-electron chi connectivity index (χ2n) is 9.47. The number of fused-ring (bicyclic) bond motifs is 3. The molecule has 3 rings (SSSR count). The van der Waals surface area contributed by atoms with Crippen LogP contribution in [0.1, 0.15) is 44.7 Å². The quantitative estimate of drug-likeness (QED) is 0.439. The number of rotatable bonds is 8. The van der Waals surface area contributed by atoms with Gasteiger partial charge in [-0.25, -0.2) is 14.4 Å². The molecule has 0 saturated heterocycles. The first kappa shape index (κ1) is 26.5. The Morgan fingerprint density at radius 1 is 0.917 bits per heavy atom. The van der Waals surface area contributed by atoms with Gasteiger partial charge in [0, 0.05) is 12.5 Å². The van der Waals surface area contributed by atoms with E-state index in [9.17, 15) is 24.3 Å². The first-order chi connectivity index (χ1) is 17.0. The highest BCUT2D eigenvalue weighted by molar-refractivity contribution is 5.86. The molecule has 0 bridgehead atoms. The third-order valence-electron chi connectivity index (χ3n) is 5.54. The number of amides is 3. The molecule has 0 fully saturated rings. The van der Waals surface area contributed by atoms with E-state index in [4.69, 9.17) is 9.47 Å². The third-order valence-corrected chi connectivity index (χ3v) is 5.54. The van der Waals surface area contributed by atoms with Gasteiger partial charge in [-0.1, -0.05) is 48.5 Å². The monoisotopic (exact) mass is 497 g/mol. The Morgan fingerprint density at radius 3 is 2.00 bits per heavy atom. The summed E-state index contributed by atoms with van der Waals surface area (Å²) < 4.78 is 10.5. The van der Waals surface area contributed by atoms with Gasteiger partial charge in [0.2, 0.25) is 5.91 Å². The minimum Gasteiger partial charge on any atom is -0.480 e. The maximum atomic E-state index is 12.4. The molecule has 4 N–H and O–H groups in total. The lowest BCUT2D eigenvalue weighted by Gasteiger charge is -2.22. The standard InChI is InChI=1S/C26H31N3O7/c1-15(28-25(34)36-26(2,3)4)22(30)27-13-21(23(31)32)29-24(33)35-14-20-18-11-7-5-9-16(18)17-10-6-8-12-19(17)20/h5-12,15,20-21H,13-14H2,1-4H3,(H,27,30)(H,28,34)(H,29,33)(H,31,32). The lowest BCUT2D eigenvalue weighted by Crippen LogP contribution is -2.52. The number of hydrogen-bond acceptors (Lipinski definition) is 6. The van der Waals surface area contributed by atoms with Crippen molar-refractivity contribution in [2.45, 2.75) is 51.3 Å². The number of ether oxygens (including phenoxy) is 2. The SMILES string of the molecule is CC(NC(=O)OC(C)(C)C)C(=O)NCC(NC(=O)OCC1c2ccccc2-c2ccccc21)C(=O)O. The first-order valence-electron chi connectivity index (χ1n) is 11.6. The molecular weight excluding hydrogens is 466 g/mol. The summed E-state index contributed by atoms with van der Waals surface area (Å²) in [6, 6.07) is 13.3. The van der Waals surface area contributed by atoms with E-state index < -0.39 is 48.3 Å². The van der Waals surface area contributed by atoms with Gasteiger partial charge < -0.3 is 30.5 Å². The number of aliphatic carboxylic acids is 1. The Hall–Kier alpha value is -4.08. The number of carboxylic acids is 1. The summed E-state index contributed by atoms with van der Waals surface area (Å²) in [6.45, 7) is 6.10. The van der Waals surface area contributed by atoms with Gasteiger partial charge in [0.05, 0.1) is 0 Å². The van der Waals surface area contributed by atoms with Gasteiger partial charge in [-0.2, -0.15) is 0 Å². The lowest BCUT2D eigenvalue weighted by molar-refractivity contribution is -0.139. The molecule has 0 spiro atoms. The molecule has 2 unspecified atom stereocenters. The predicted molar refractivity (Wildman–Crippen MR) is 131 cm³/mol. The van der Waals surface area contributed by atoms with Crippen LogP contribution in [0.15, 0.2) is 48.5 Å². The van der Waals surface area contributed by atoms with Gasteiger partial charge in [0.1, 0.15) is 24.3 Å². The van der Waals surface area contributed by atoms with Crippen LogP contribution in [0, 0.1) is 0 Å². The number of carbonyl (C=O) groups is 4. The highest BCUT2D eigenvalue weighted by Gasteiger charge is 2.30. The van der Waals surface area contributed by atoms with Gasteiger partial charge in [-0.15, -0.1) is 0 Å². The normalized spacial score (nSPS) is 14.0. The van der Waals surface area contributed by atoms with Crippen LogP contribution < -0.4 is 16.0 Å². The van der Waals surface area contributed by atoms with E-state index in [1.165, 1.54) is 6.92 Å². The molecule has 0 radical (unpaired) electrons. The minimum atomic E-state index is -1.43. The molecule has 36 heavy (non-hydrogen) atoms. The predicted octanol–water partition coefficient (Wildman–Crippen LogP) is 3.01. The van der Waals surface area contributed by atoms with Crippen LogP contribution in [-0.4, -0.2) is 60.0 Å². The van der Waals surface area contributed by atoms with Crippen LogP contribution in [0.4, 0.5) is 9.59 Å². The summed E-state index contributed by atoms with van der Waals surface area (Å²) >= 11 is 0. The number of alkyl carbamates (subject to hydrolysis) is 2. The van der Waals surface area contributed by atoms with Crippen LogP contribution in [0.3, 0.4) is 0 Å². The highest BCUT2D eigenvalue weighted by atomic mass is 16.6. The molecule has 0 aliphatic heterocycles. The molecule has 192 valence electrons. The summed E-state index contributed by atoms with van der Waals surface area (Å²) in [5.41, 5.74) is 3.46. The molecular formula is C26H31N3O7. The van der Waals surface area contributed by atoms with Crippen molar-refractivity contribution in [2.75, 3.05) is 13.2 Å². The average Bonchev–Trinajstić information content (AvgIpc) is 3.12. The minimum absolute atomic E-state index is 0.0232. The van der Waals surface area contributed by atoms with Crippen LogP contribution >= 0.6 is 0 Å². The van der Waals surface area contributed by atoms with Crippen LogP contribution in [-0.2, 0) is 19.1 Å². The van der Waals surface area contributed by atoms with Crippen LogP contribution in [0.25, 0.3) is 11.1 Å². The van der Waals surface area contributed by atoms with Gasteiger partial charge in [0.25, 0.3) is 0 Å². The van der Waals surface area contributed by atoms with Crippen molar-refractivity contribution in [1.82, 2.24) is 16.0 Å². The second-order valence-corrected chi connectivity index (χ2v) is 9.47. The fourth-order valence-electron chi connectivity index (χ4n) is 3.89. The topological polar surface area (TPSA) is 143 Å². The number of nitrogens with one attached hydrogen (secondary N) is 3. The average molecular weight is 498 g/mol. The maximum absolute atomic E-state index is 12.4. The van der Waals surface area contributed by atoms with E-state index in [1.807, 2.05) is 48.5 Å². The molecule has 1 aliphatic rings. The zero-order valence-electron chi connectivity index (χ0n) is 20.7.